The number of carbonyl (C=O) groups is 1. The second-order valence-electron chi connectivity index (χ2n) is 5.26. The third-order valence-electron chi connectivity index (χ3n) is 3.51. The monoisotopic (exact) mass is 277 g/mol. The molecule has 0 atom stereocenters. The summed E-state index contributed by atoms with van der Waals surface area (Å²) in [4.78, 5) is 14.2. The maximum Gasteiger partial charge on any atom is 0.271 e. The fourth-order valence-corrected chi connectivity index (χ4v) is 2.23. The van der Waals surface area contributed by atoms with Gasteiger partial charge in [-0.1, -0.05) is 6.07 Å². The van der Waals surface area contributed by atoms with Crippen molar-refractivity contribution in [3.63, 3.8) is 0 Å². The zero-order valence-corrected chi connectivity index (χ0v) is 11.9. The molecule has 1 aromatic carbocycles. The Labute approximate surface area is 118 Å². The summed E-state index contributed by atoms with van der Waals surface area (Å²) >= 11 is 0. The van der Waals surface area contributed by atoms with Crippen LogP contribution in [0, 0.1) is 5.82 Å². The van der Waals surface area contributed by atoms with Crippen molar-refractivity contribution in [2.75, 3.05) is 13.1 Å². The number of rotatable bonds is 3. The minimum Gasteiger partial charge on any atom is -0.300 e. The number of likely N-dealkylation sites (tertiary alicyclic amines) is 1. The Morgan fingerprint density at radius 2 is 2.05 bits per heavy atom. The van der Waals surface area contributed by atoms with Crippen LogP contribution >= 0.6 is 0 Å². The van der Waals surface area contributed by atoms with Crippen LogP contribution in [0.25, 0.3) is 0 Å². The lowest BCUT2D eigenvalue weighted by molar-refractivity contribution is 0.0953. The number of piperidine rings is 1. The first-order chi connectivity index (χ1) is 9.56. The van der Waals surface area contributed by atoms with Crippen molar-refractivity contribution in [1.82, 2.24) is 10.3 Å². The van der Waals surface area contributed by atoms with E-state index in [1.54, 1.807) is 6.07 Å². The molecule has 1 saturated heterocycles. The van der Waals surface area contributed by atoms with Gasteiger partial charge in [-0.15, -0.1) is 0 Å². The predicted molar refractivity (Wildman–Crippen MR) is 77.2 cm³/mol. The minimum absolute atomic E-state index is 0.286. The van der Waals surface area contributed by atoms with E-state index >= 15 is 0 Å². The largest absolute Gasteiger partial charge is 0.300 e. The summed E-state index contributed by atoms with van der Waals surface area (Å²) in [5.41, 5.74) is 3.78. The lowest BCUT2D eigenvalue weighted by Gasteiger charge is -2.30. The number of hydrogen-bond acceptors (Lipinski definition) is 3. The molecule has 0 bridgehead atoms. The zero-order chi connectivity index (χ0) is 14.5. The number of hydrazone groups is 1. The van der Waals surface area contributed by atoms with Crippen LogP contribution in [-0.2, 0) is 0 Å². The van der Waals surface area contributed by atoms with Gasteiger partial charge in [0.15, 0.2) is 0 Å². The number of nitrogens with one attached hydrogen (secondary N) is 1. The Hall–Kier alpha value is -1.75. The molecule has 0 aliphatic carbocycles. The highest BCUT2D eigenvalue weighted by Gasteiger charge is 2.17. The van der Waals surface area contributed by atoms with Gasteiger partial charge in [-0.2, -0.15) is 5.10 Å². The summed E-state index contributed by atoms with van der Waals surface area (Å²) < 4.78 is 13.0. The highest BCUT2D eigenvalue weighted by Crippen LogP contribution is 2.10. The maximum absolute atomic E-state index is 13.0. The molecule has 0 unspecified atom stereocenters. The molecule has 1 N–H and O–H groups in total. The molecule has 1 heterocycles. The zero-order valence-electron chi connectivity index (χ0n) is 11.9. The van der Waals surface area contributed by atoms with Gasteiger partial charge >= 0.3 is 0 Å². The molecule has 108 valence electrons. The summed E-state index contributed by atoms with van der Waals surface area (Å²) in [6.07, 6.45) is 1.73. The second kappa shape index (κ2) is 6.61. The van der Waals surface area contributed by atoms with Crippen molar-refractivity contribution in [3.8, 4) is 0 Å². The summed E-state index contributed by atoms with van der Waals surface area (Å²) in [5.74, 6) is -0.793. The van der Waals surface area contributed by atoms with Gasteiger partial charge in [0, 0.05) is 43.2 Å². The normalized spacial score (nSPS) is 16.3. The van der Waals surface area contributed by atoms with Gasteiger partial charge in [-0.05, 0) is 32.0 Å². The molecule has 5 heteroatoms. The van der Waals surface area contributed by atoms with Crippen LogP contribution in [0.1, 0.15) is 37.0 Å². The van der Waals surface area contributed by atoms with Crippen LogP contribution in [-0.4, -0.2) is 35.7 Å². The Kier molecular flexibility index (Phi) is 4.84. The number of hydrogen-bond donors (Lipinski definition) is 1. The van der Waals surface area contributed by atoms with E-state index in [9.17, 15) is 9.18 Å². The number of benzene rings is 1. The van der Waals surface area contributed by atoms with Gasteiger partial charge in [-0.25, -0.2) is 9.82 Å². The first kappa shape index (κ1) is 14.7. The van der Waals surface area contributed by atoms with Gasteiger partial charge in [0.1, 0.15) is 5.82 Å². The van der Waals surface area contributed by atoms with Crippen molar-refractivity contribution in [1.29, 1.82) is 0 Å². The molecule has 1 fully saturated rings. The average Bonchev–Trinajstić information content (AvgIpc) is 2.45. The Morgan fingerprint density at radius 3 is 2.65 bits per heavy atom. The maximum atomic E-state index is 13.0. The fourth-order valence-electron chi connectivity index (χ4n) is 2.23. The molecule has 0 saturated carbocycles. The van der Waals surface area contributed by atoms with Crippen LogP contribution in [0.4, 0.5) is 4.39 Å². The number of halogens is 1. The summed E-state index contributed by atoms with van der Waals surface area (Å²) in [5, 5.41) is 4.15. The van der Waals surface area contributed by atoms with Crippen molar-refractivity contribution in [2.45, 2.75) is 32.7 Å². The molecule has 1 amide bonds. The summed E-state index contributed by atoms with van der Waals surface area (Å²) in [7, 11) is 0. The molecule has 4 nitrogen and oxygen atoms in total. The minimum atomic E-state index is -0.421. The van der Waals surface area contributed by atoms with E-state index in [-0.39, 0.29) is 11.5 Å². The molecule has 0 radical (unpaired) electrons. The SMILES string of the molecule is CC(C)N1CCC(=NNC(=O)c2cccc(F)c2)CC1. The van der Waals surface area contributed by atoms with E-state index < -0.39 is 5.82 Å². The average molecular weight is 277 g/mol. The lowest BCUT2D eigenvalue weighted by Crippen LogP contribution is -2.39. The quantitative estimate of drug-likeness (QED) is 0.862. The first-order valence-corrected chi connectivity index (χ1v) is 6.91. The van der Waals surface area contributed by atoms with E-state index in [4.69, 9.17) is 0 Å². The van der Waals surface area contributed by atoms with Gasteiger partial charge < -0.3 is 4.90 Å². The van der Waals surface area contributed by atoms with Crippen molar-refractivity contribution in [2.24, 2.45) is 5.10 Å². The molecule has 0 aromatic heterocycles. The van der Waals surface area contributed by atoms with Gasteiger partial charge in [-0.3, -0.25) is 4.79 Å². The second-order valence-corrected chi connectivity index (χ2v) is 5.26. The third-order valence-corrected chi connectivity index (χ3v) is 3.51. The van der Waals surface area contributed by atoms with Gasteiger partial charge in [0.2, 0.25) is 0 Å². The molecular weight excluding hydrogens is 257 g/mol. The standard InChI is InChI=1S/C15H20FN3O/c1-11(2)19-8-6-14(7-9-19)17-18-15(20)12-4-3-5-13(16)10-12/h3-5,10-11H,6-9H2,1-2H3,(H,18,20). The van der Waals surface area contributed by atoms with Crippen molar-refractivity contribution in [3.05, 3.63) is 35.6 Å². The summed E-state index contributed by atoms with van der Waals surface area (Å²) in [6.45, 7) is 6.28. The Balaban J connectivity index is 1.89. The topological polar surface area (TPSA) is 44.7 Å². The third kappa shape index (κ3) is 3.87. The molecule has 1 aromatic rings. The van der Waals surface area contributed by atoms with Crippen molar-refractivity contribution >= 4 is 11.6 Å². The molecule has 2 rings (SSSR count). The van der Waals surface area contributed by atoms with Crippen LogP contribution in [0.15, 0.2) is 29.4 Å². The molecule has 20 heavy (non-hydrogen) atoms. The highest BCUT2D eigenvalue weighted by atomic mass is 19.1. The molecule has 0 spiro atoms. The Bertz CT molecular complexity index is 504. The number of carbonyl (C=O) groups excluding carboxylic acids is 1. The highest BCUT2D eigenvalue weighted by molar-refractivity contribution is 5.95. The molecule has 1 aliphatic rings. The number of amides is 1. The van der Waals surface area contributed by atoms with Crippen molar-refractivity contribution < 1.29 is 9.18 Å². The Morgan fingerprint density at radius 1 is 1.35 bits per heavy atom. The van der Waals surface area contributed by atoms with E-state index in [1.165, 1.54) is 18.2 Å². The smallest absolute Gasteiger partial charge is 0.271 e. The fraction of sp³-hybridized carbons (Fsp3) is 0.467. The lowest BCUT2D eigenvalue weighted by atomic mass is 10.1. The van der Waals surface area contributed by atoms with Crippen LogP contribution in [0.5, 0.6) is 0 Å². The van der Waals surface area contributed by atoms with E-state index in [1.807, 2.05) is 0 Å². The molecular formula is C15H20FN3O. The first-order valence-electron chi connectivity index (χ1n) is 6.91. The van der Waals surface area contributed by atoms with Crippen LogP contribution in [0.2, 0.25) is 0 Å². The van der Waals surface area contributed by atoms with E-state index in [0.717, 1.165) is 31.6 Å². The molecule has 1 aliphatic heterocycles. The number of nitrogens with zero attached hydrogens (tertiary/aromatic N) is 2. The van der Waals surface area contributed by atoms with E-state index in [0.29, 0.717) is 6.04 Å². The van der Waals surface area contributed by atoms with Crippen LogP contribution in [0.3, 0.4) is 0 Å². The van der Waals surface area contributed by atoms with Gasteiger partial charge in [0.05, 0.1) is 0 Å². The van der Waals surface area contributed by atoms with Crippen LogP contribution < -0.4 is 5.43 Å². The summed E-state index contributed by atoms with van der Waals surface area (Å²) in [6, 6.07) is 6.14. The van der Waals surface area contributed by atoms with E-state index in [2.05, 4.69) is 29.3 Å². The predicted octanol–water partition coefficient (Wildman–Crippen LogP) is 2.42. The van der Waals surface area contributed by atoms with Gasteiger partial charge in [0.25, 0.3) is 5.91 Å².